The predicted molar refractivity (Wildman–Crippen MR) is 135 cm³/mol. The molecule has 1 aromatic heterocycles. The number of H-pyrrole nitrogens is 1. The SMILES string of the molecule is Cc1cc(C2CC2)c(CN2CC[C@H](N3CC(C#N)C3)C[C@@H]2c2ccc(C(=O)O)cc2)c2cc[nH]c12. The number of aromatic carboxylic acids is 1. The number of aromatic amines is 1. The number of carboxylic acids is 1. The van der Waals surface area contributed by atoms with Crippen molar-refractivity contribution in [1.82, 2.24) is 14.8 Å². The lowest BCUT2D eigenvalue weighted by Crippen LogP contribution is -2.55. The number of aromatic nitrogens is 1. The fourth-order valence-corrected chi connectivity index (χ4v) is 6.24. The lowest BCUT2D eigenvalue weighted by Gasteiger charge is -2.48. The third kappa shape index (κ3) is 4.13. The summed E-state index contributed by atoms with van der Waals surface area (Å²) in [4.78, 5) is 20.0. The summed E-state index contributed by atoms with van der Waals surface area (Å²) in [7, 11) is 0. The number of piperidine rings is 1. The summed E-state index contributed by atoms with van der Waals surface area (Å²) in [6, 6.07) is 15.2. The summed E-state index contributed by atoms with van der Waals surface area (Å²) >= 11 is 0. The van der Waals surface area contributed by atoms with Gasteiger partial charge in [-0.05, 0) is 79.0 Å². The molecule has 2 saturated heterocycles. The van der Waals surface area contributed by atoms with Gasteiger partial charge in [-0.15, -0.1) is 0 Å². The largest absolute Gasteiger partial charge is 0.478 e. The van der Waals surface area contributed by atoms with Crippen LogP contribution in [-0.4, -0.2) is 51.5 Å². The Labute approximate surface area is 206 Å². The number of likely N-dealkylation sites (tertiary alicyclic amines) is 2. The molecule has 6 nitrogen and oxygen atoms in total. The van der Waals surface area contributed by atoms with E-state index in [2.05, 4.69) is 46.1 Å². The average Bonchev–Trinajstić information content (AvgIpc) is 3.56. The maximum absolute atomic E-state index is 11.4. The molecule has 1 aliphatic carbocycles. The number of nitriles is 1. The molecule has 2 aliphatic heterocycles. The Morgan fingerprint density at radius 3 is 2.63 bits per heavy atom. The first-order chi connectivity index (χ1) is 17.0. The fourth-order valence-electron chi connectivity index (χ4n) is 6.24. The molecular formula is C29H32N4O2. The van der Waals surface area contributed by atoms with Crippen molar-refractivity contribution < 1.29 is 9.90 Å². The van der Waals surface area contributed by atoms with Crippen LogP contribution in [0.15, 0.2) is 42.6 Å². The highest BCUT2D eigenvalue weighted by atomic mass is 16.4. The Morgan fingerprint density at radius 1 is 1.17 bits per heavy atom. The molecule has 3 aromatic rings. The minimum atomic E-state index is -0.887. The maximum atomic E-state index is 11.4. The normalized spacial score (nSPS) is 23.8. The number of benzene rings is 2. The smallest absolute Gasteiger partial charge is 0.335 e. The van der Waals surface area contributed by atoms with Gasteiger partial charge in [0.15, 0.2) is 0 Å². The molecule has 3 aliphatic rings. The van der Waals surface area contributed by atoms with Crippen LogP contribution in [0.1, 0.15) is 70.3 Å². The molecule has 2 aromatic carbocycles. The summed E-state index contributed by atoms with van der Waals surface area (Å²) in [6.07, 6.45) is 6.72. The summed E-state index contributed by atoms with van der Waals surface area (Å²) < 4.78 is 0. The Hall–Kier alpha value is -3.14. The maximum Gasteiger partial charge on any atom is 0.335 e. The second-order valence-electron chi connectivity index (χ2n) is 10.7. The van der Waals surface area contributed by atoms with Crippen LogP contribution in [0.4, 0.5) is 0 Å². The number of hydrogen-bond donors (Lipinski definition) is 2. The monoisotopic (exact) mass is 468 g/mol. The van der Waals surface area contributed by atoms with Gasteiger partial charge in [0.1, 0.15) is 0 Å². The van der Waals surface area contributed by atoms with Gasteiger partial charge in [-0.2, -0.15) is 5.26 Å². The highest BCUT2D eigenvalue weighted by Gasteiger charge is 2.38. The van der Waals surface area contributed by atoms with E-state index in [1.165, 1.54) is 46.0 Å². The number of hydrogen-bond acceptors (Lipinski definition) is 4. The molecule has 180 valence electrons. The zero-order valence-electron chi connectivity index (χ0n) is 20.2. The highest BCUT2D eigenvalue weighted by molar-refractivity contribution is 5.88. The van der Waals surface area contributed by atoms with Crippen LogP contribution < -0.4 is 0 Å². The van der Waals surface area contributed by atoms with E-state index >= 15 is 0 Å². The van der Waals surface area contributed by atoms with Crippen molar-refractivity contribution in [2.75, 3.05) is 19.6 Å². The van der Waals surface area contributed by atoms with Gasteiger partial charge in [-0.25, -0.2) is 4.79 Å². The van der Waals surface area contributed by atoms with Gasteiger partial charge < -0.3 is 10.1 Å². The van der Waals surface area contributed by atoms with Gasteiger partial charge >= 0.3 is 5.97 Å². The zero-order valence-corrected chi connectivity index (χ0v) is 20.2. The van der Waals surface area contributed by atoms with E-state index in [4.69, 9.17) is 0 Å². The molecule has 35 heavy (non-hydrogen) atoms. The molecule has 0 radical (unpaired) electrons. The summed E-state index contributed by atoms with van der Waals surface area (Å²) in [5.74, 6) is -0.0451. The minimum absolute atomic E-state index is 0.164. The van der Waals surface area contributed by atoms with Crippen LogP contribution in [-0.2, 0) is 6.54 Å². The van der Waals surface area contributed by atoms with E-state index in [9.17, 15) is 15.2 Å². The van der Waals surface area contributed by atoms with Crippen molar-refractivity contribution in [3.63, 3.8) is 0 Å². The first-order valence-electron chi connectivity index (χ1n) is 12.8. The van der Waals surface area contributed by atoms with Crippen molar-refractivity contribution in [2.45, 2.75) is 57.2 Å². The van der Waals surface area contributed by atoms with E-state index in [0.29, 0.717) is 17.5 Å². The molecule has 0 bridgehead atoms. The van der Waals surface area contributed by atoms with Crippen molar-refractivity contribution in [1.29, 1.82) is 5.26 Å². The van der Waals surface area contributed by atoms with E-state index in [-0.39, 0.29) is 12.0 Å². The number of nitrogens with zero attached hydrogens (tertiary/aromatic N) is 3. The topological polar surface area (TPSA) is 83.4 Å². The van der Waals surface area contributed by atoms with Crippen LogP contribution >= 0.6 is 0 Å². The Kier molecular flexibility index (Phi) is 5.63. The molecule has 0 amide bonds. The molecule has 3 heterocycles. The number of fused-ring (bicyclic) bond motifs is 1. The molecular weight excluding hydrogens is 436 g/mol. The van der Waals surface area contributed by atoms with E-state index in [1.54, 1.807) is 12.1 Å². The first-order valence-corrected chi connectivity index (χ1v) is 12.8. The van der Waals surface area contributed by atoms with Gasteiger partial charge in [0.25, 0.3) is 0 Å². The molecule has 3 fully saturated rings. The van der Waals surface area contributed by atoms with Crippen molar-refractivity contribution >= 4 is 16.9 Å². The summed E-state index contributed by atoms with van der Waals surface area (Å²) in [5, 5.41) is 20.0. The highest BCUT2D eigenvalue weighted by Crippen LogP contribution is 2.45. The predicted octanol–water partition coefficient (Wildman–Crippen LogP) is 5.21. The van der Waals surface area contributed by atoms with Gasteiger partial charge in [-0.1, -0.05) is 18.2 Å². The lowest BCUT2D eigenvalue weighted by molar-refractivity contribution is 0.0119. The van der Waals surface area contributed by atoms with Crippen LogP contribution in [0, 0.1) is 24.2 Å². The van der Waals surface area contributed by atoms with E-state index in [1.807, 2.05) is 12.1 Å². The van der Waals surface area contributed by atoms with Crippen LogP contribution in [0.3, 0.4) is 0 Å². The number of aryl methyl sites for hydroxylation is 1. The van der Waals surface area contributed by atoms with Gasteiger partial charge in [0.2, 0.25) is 0 Å². The van der Waals surface area contributed by atoms with Gasteiger partial charge in [-0.3, -0.25) is 9.80 Å². The summed E-state index contributed by atoms with van der Waals surface area (Å²) in [6.45, 7) is 5.85. The molecule has 0 unspecified atom stereocenters. The summed E-state index contributed by atoms with van der Waals surface area (Å²) in [5.41, 5.74) is 7.04. The third-order valence-electron chi connectivity index (χ3n) is 8.40. The van der Waals surface area contributed by atoms with Gasteiger partial charge in [0.05, 0.1) is 17.6 Å². The third-order valence-corrected chi connectivity index (χ3v) is 8.40. The molecule has 0 spiro atoms. The Balaban J connectivity index is 1.33. The van der Waals surface area contributed by atoms with Crippen LogP contribution in [0.2, 0.25) is 0 Å². The molecule has 6 rings (SSSR count). The number of carboxylic acid groups (broad SMARTS) is 1. The second-order valence-corrected chi connectivity index (χ2v) is 10.7. The van der Waals surface area contributed by atoms with E-state index in [0.717, 1.165) is 39.0 Å². The average molecular weight is 469 g/mol. The van der Waals surface area contributed by atoms with Crippen molar-refractivity contribution in [3.8, 4) is 6.07 Å². The van der Waals surface area contributed by atoms with Crippen molar-refractivity contribution in [2.24, 2.45) is 5.92 Å². The van der Waals surface area contributed by atoms with Crippen LogP contribution in [0.5, 0.6) is 0 Å². The van der Waals surface area contributed by atoms with E-state index < -0.39 is 5.97 Å². The van der Waals surface area contributed by atoms with Gasteiger partial charge in [0, 0.05) is 55.4 Å². The van der Waals surface area contributed by atoms with Crippen LogP contribution in [0.25, 0.3) is 10.9 Å². The molecule has 2 atom stereocenters. The Bertz CT molecular complexity index is 1290. The number of rotatable bonds is 6. The first kappa shape index (κ1) is 22.3. The molecule has 1 saturated carbocycles. The quantitative estimate of drug-likeness (QED) is 0.519. The van der Waals surface area contributed by atoms with Crippen molar-refractivity contribution in [3.05, 3.63) is 70.4 Å². The zero-order chi connectivity index (χ0) is 24.1. The Morgan fingerprint density at radius 2 is 1.94 bits per heavy atom. The number of carbonyl (C=O) groups is 1. The molecule has 2 N–H and O–H groups in total. The number of nitrogens with one attached hydrogen (secondary N) is 1. The standard InChI is InChI=1S/C29H32N4O2/c1-18-12-25(20-2-3-20)26(24-8-10-31-28(18)24)17-32-11-9-23(33-15-19(14-30)16-33)13-27(32)21-4-6-22(7-5-21)29(34)35/h4-8,10,12,19-20,23,27,31H,2-3,9,11,13,15-17H2,1H3,(H,34,35)/t23-,27+/m0/s1. The fraction of sp³-hybridized carbons (Fsp3) is 0.448. The lowest BCUT2D eigenvalue weighted by atomic mass is 9.86. The molecule has 6 heteroatoms. The minimum Gasteiger partial charge on any atom is -0.478 e. The second kappa shape index (κ2) is 8.82.